The minimum Gasteiger partial charge on any atom is -0.291 e. The van der Waals surface area contributed by atoms with Gasteiger partial charge < -0.3 is 0 Å². The minimum absolute atomic E-state index is 0.00254. The number of alkyl halides is 3. The lowest BCUT2D eigenvalue weighted by Gasteiger charge is -2.07. The molecular formula is C11H7F3N2O. The van der Waals surface area contributed by atoms with E-state index in [2.05, 4.69) is 9.97 Å². The summed E-state index contributed by atoms with van der Waals surface area (Å²) in [7, 11) is 0. The Kier molecular flexibility index (Phi) is 2.57. The van der Waals surface area contributed by atoms with Crippen LogP contribution in [0.1, 0.15) is 23.1 Å². The van der Waals surface area contributed by atoms with E-state index < -0.39 is 11.7 Å². The molecule has 0 fully saturated rings. The number of aromatic nitrogens is 2. The van der Waals surface area contributed by atoms with E-state index in [0.29, 0.717) is 5.52 Å². The summed E-state index contributed by atoms with van der Waals surface area (Å²) >= 11 is 0. The van der Waals surface area contributed by atoms with E-state index in [0.717, 1.165) is 12.1 Å². The lowest BCUT2D eigenvalue weighted by molar-refractivity contribution is -0.137. The Hall–Kier alpha value is -1.98. The zero-order valence-corrected chi connectivity index (χ0v) is 8.75. The molecule has 2 aromatic rings. The zero-order chi connectivity index (χ0) is 12.6. The monoisotopic (exact) mass is 240 g/mol. The molecule has 0 saturated carbocycles. The summed E-state index contributed by atoms with van der Waals surface area (Å²) in [6.07, 6.45) is -3.18. The molecule has 0 saturated heterocycles. The highest BCUT2D eigenvalue weighted by atomic mass is 19.4. The first-order valence-corrected chi connectivity index (χ1v) is 4.73. The fraction of sp³-hybridized carbons (Fsp3) is 0.182. The highest BCUT2D eigenvalue weighted by Crippen LogP contribution is 2.30. The molecule has 0 aliphatic heterocycles. The van der Waals surface area contributed by atoms with Crippen LogP contribution in [0.3, 0.4) is 0 Å². The first-order chi connectivity index (χ1) is 7.88. The number of carbonyl (C=O) groups excluding carboxylic acids is 1. The van der Waals surface area contributed by atoms with Crippen LogP contribution in [0.4, 0.5) is 13.2 Å². The second kappa shape index (κ2) is 3.80. The number of carbonyl (C=O) groups is 1. The van der Waals surface area contributed by atoms with Crippen LogP contribution in [0.2, 0.25) is 0 Å². The third-order valence-corrected chi connectivity index (χ3v) is 2.22. The number of fused-ring (bicyclic) bond motifs is 1. The average molecular weight is 240 g/mol. The Morgan fingerprint density at radius 3 is 2.59 bits per heavy atom. The maximum atomic E-state index is 12.4. The maximum Gasteiger partial charge on any atom is 0.416 e. The van der Waals surface area contributed by atoms with Crippen molar-refractivity contribution in [1.29, 1.82) is 0 Å². The van der Waals surface area contributed by atoms with Crippen LogP contribution in [0.25, 0.3) is 10.9 Å². The third-order valence-electron chi connectivity index (χ3n) is 2.22. The summed E-state index contributed by atoms with van der Waals surface area (Å²) in [6, 6.07) is 3.12. The van der Waals surface area contributed by atoms with Gasteiger partial charge in [0, 0.05) is 18.5 Å². The van der Waals surface area contributed by atoms with E-state index in [1.54, 1.807) is 0 Å². The molecule has 0 aliphatic carbocycles. The molecule has 0 amide bonds. The smallest absolute Gasteiger partial charge is 0.291 e. The van der Waals surface area contributed by atoms with E-state index in [1.807, 2.05) is 0 Å². The molecule has 0 N–H and O–H groups in total. The number of ketones is 1. The van der Waals surface area contributed by atoms with E-state index in [4.69, 9.17) is 0 Å². The van der Waals surface area contributed by atoms with Crippen LogP contribution >= 0.6 is 0 Å². The van der Waals surface area contributed by atoms with Gasteiger partial charge in [-0.25, -0.2) is 9.97 Å². The average Bonchev–Trinajstić information content (AvgIpc) is 2.26. The molecule has 0 atom stereocenters. The molecule has 3 nitrogen and oxygen atoms in total. The van der Waals surface area contributed by atoms with Crippen molar-refractivity contribution >= 4 is 16.7 Å². The molecular weight excluding hydrogens is 233 g/mol. The van der Waals surface area contributed by atoms with Crippen molar-refractivity contribution in [3.8, 4) is 0 Å². The zero-order valence-electron chi connectivity index (χ0n) is 8.75. The van der Waals surface area contributed by atoms with Gasteiger partial charge in [0.05, 0.1) is 11.1 Å². The summed E-state index contributed by atoms with van der Waals surface area (Å²) < 4.78 is 37.3. The number of Topliss-reactive ketones (excluding diaryl/α,β-unsaturated/α-hetero) is 1. The number of hydrogen-bond acceptors (Lipinski definition) is 3. The summed E-state index contributed by atoms with van der Waals surface area (Å²) in [5.41, 5.74) is -0.442. The molecule has 88 valence electrons. The van der Waals surface area contributed by atoms with Crippen molar-refractivity contribution in [2.75, 3.05) is 0 Å². The Bertz CT molecular complexity index is 593. The first kappa shape index (κ1) is 11.5. The van der Waals surface area contributed by atoms with Gasteiger partial charge >= 0.3 is 6.18 Å². The van der Waals surface area contributed by atoms with Crippen LogP contribution in [-0.4, -0.2) is 15.8 Å². The Labute approximate surface area is 94.3 Å². The molecule has 2 rings (SSSR count). The lowest BCUT2D eigenvalue weighted by atomic mass is 10.1. The number of rotatable bonds is 1. The normalized spacial score (nSPS) is 11.8. The third kappa shape index (κ3) is 2.25. The Morgan fingerprint density at radius 2 is 2.00 bits per heavy atom. The van der Waals surface area contributed by atoms with Gasteiger partial charge in [-0.2, -0.15) is 13.2 Å². The number of nitrogens with zero attached hydrogens (tertiary/aromatic N) is 2. The van der Waals surface area contributed by atoms with Crippen LogP contribution in [-0.2, 0) is 6.18 Å². The van der Waals surface area contributed by atoms with Crippen molar-refractivity contribution in [2.45, 2.75) is 13.1 Å². The van der Waals surface area contributed by atoms with Crippen molar-refractivity contribution in [3.63, 3.8) is 0 Å². The second-order valence-electron chi connectivity index (χ2n) is 3.52. The molecule has 1 heterocycles. The quantitative estimate of drug-likeness (QED) is 0.720. The van der Waals surface area contributed by atoms with Crippen molar-refractivity contribution in [1.82, 2.24) is 9.97 Å². The van der Waals surface area contributed by atoms with Gasteiger partial charge in [0.2, 0.25) is 0 Å². The predicted octanol–water partition coefficient (Wildman–Crippen LogP) is 2.85. The second-order valence-corrected chi connectivity index (χ2v) is 3.52. The van der Waals surface area contributed by atoms with Crippen LogP contribution in [0.15, 0.2) is 24.4 Å². The highest BCUT2D eigenvalue weighted by Gasteiger charge is 2.30. The standard InChI is InChI=1S/C11H7F3N2O/c1-6(17)10-15-5-7-4-8(11(12,13)14)2-3-9(7)16-10/h2-5H,1H3. The fourth-order valence-electron chi connectivity index (χ4n) is 1.38. The van der Waals surface area contributed by atoms with Gasteiger partial charge in [-0.3, -0.25) is 4.79 Å². The molecule has 0 bridgehead atoms. The molecule has 17 heavy (non-hydrogen) atoms. The van der Waals surface area contributed by atoms with E-state index in [1.165, 1.54) is 19.2 Å². The van der Waals surface area contributed by atoms with Crippen molar-refractivity contribution in [2.24, 2.45) is 0 Å². The summed E-state index contributed by atoms with van der Waals surface area (Å²) in [5.74, 6) is -0.330. The largest absolute Gasteiger partial charge is 0.416 e. The topological polar surface area (TPSA) is 42.9 Å². The minimum atomic E-state index is -4.40. The maximum absolute atomic E-state index is 12.4. The van der Waals surface area contributed by atoms with Crippen molar-refractivity contribution in [3.05, 3.63) is 35.8 Å². The molecule has 1 aromatic carbocycles. The van der Waals surface area contributed by atoms with Gasteiger partial charge in [0.25, 0.3) is 0 Å². The van der Waals surface area contributed by atoms with Crippen LogP contribution in [0.5, 0.6) is 0 Å². The van der Waals surface area contributed by atoms with E-state index >= 15 is 0 Å². The SMILES string of the molecule is CC(=O)c1ncc2cc(C(F)(F)F)ccc2n1. The Balaban J connectivity index is 2.58. The summed E-state index contributed by atoms with van der Waals surface area (Å²) in [4.78, 5) is 18.6. The van der Waals surface area contributed by atoms with Gasteiger partial charge in [0.15, 0.2) is 11.6 Å². The van der Waals surface area contributed by atoms with Gasteiger partial charge in [-0.05, 0) is 18.2 Å². The molecule has 0 aliphatic rings. The van der Waals surface area contributed by atoms with E-state index in [-0.39, 0.29) is 17.0 Å². The Morgan fingerprint density at radius 1 is 1.29 bits per heavy atom. The molecule has 0 radical (unpaired) electrons. The predicted molar refractivity (Wildman–Crippen MR) is 54.5 cm³/mol. The van der Waals surface area contributed by atoms with Crippen LogP contribution in [0, 0.1) is 0 Å². The molecule has 6 heteroatoms. The lowest BCUT2D eigenvalue weighted by Crippen LogP contribution is -2.05. The summed E-state index contributed by atoms with van der Waals surface area (Å²) in [5, 5.41) is 0.254. The fourth-order valence-corrected chi connectivity index (χ4v) is 1.38. The number of hydrogen-bond donors (Lipinski definition) is 0. The highest BCUT2D eigenvalue weighted by molar-refractivity contribution is 5.92. The molecule has 0 spiro atoms. The first-order valence-electron chi connectivity index (χ1n) is 4.73. The van der Waals surface area contributed by atoms with E-state index in [9.17, 15) is 18.0 Å². The van der Waals surface area contributed by atoms with Crippen LogP contribution < -0.4 is 0 Å². The molecule has 1 aromatic heterocycles. The summed E-state index contributed by atoms with van der Waals surface area (Å²) in [6.45, 7) is 1.30. The van der Waals surface area contributed by atoms with Gasteiger partial charge in [0.1, 0.15) is 0 Å². The number of benzene rings is 1. The van der Waals surface area contributed by atoms with Crippen molar-refractivity contribution < 1.29 is 18.0 Å². The molecule has 0 unspecified atom stereocenters. The van der Waals surface area contributed by atoms with Gasteiger partial charge in [-0.15, -0.1) is 0 Å². The van der Waals surface area contributed by atoms with Gasteiger partial charge in [-0.1, -0.05) is 0 Å². The number of halogens is 3.